The van der Waals surface area contributed by atoms with Gasteiger partial charge in [0.1, 0.15) is 12.6 Å². The molecule has 2 fully saturated rings. The smallest absolute Gasteiger partial charge is 0.323 e. The molecule has 0 saturated carbocycles. The van der Waals surface area contributed by atoms with E-state index in [2.05, 4.69) is 0 Å². The molecule has 1 atom stereocenters. The van der Waals surface area contributed by atoms with Crippen LogP contribution in [0.4, 0.5) is 0 Å². The maximum absolute atomic E-state index is 13.0. The van der Waals surface area contributed by atoms with E-state index in [-0.39, 0.29) is 30.7 Å². The van der Waals surface area contributed by atoms with Gasteiger partial charge in [0.05, 0.1) is 0 Å². The lowest BCUT2D eigenvalue weighted by Gasteiger charge is -2.31. The van der Waals surface area contributed by atoms with Crippen molar-refractivity contribution in [3.05, 3.63) is 0 Å². The highest BCUT2D eigenvalue weighted by Crippen LogP contribution is 2.20. The molecular formula is C18H30N4O5. The molecule has 2 saturated heterocycles. The van der Waals surface area contributed by atoms with Gasteiger partial charge in [-0.15, -0.1) is 0 Å². The van der Waals surface area contributed by atoms with Crippen LogP contribution in [0.5, 0.6) is 0 Å². The molecule has 2 aliphatic rings. The van der Waals surface area contributed by atoms with Crippen molar-refractivity contribution in [1.82, 2.24) is 19.6 Å². The summed E-state index contributed by atoms with van der Waals surface area (Å²) in [6.07, 6.45) is 2.28. The van der Waals surface area contributed by atoms with E-state index in [1.807, 2.05) is 11.9 Å². The fraction of sp³-hybridized carbons (Fsp3) is 0.778. The van der Waals surface area contributed by atoms with Crippen molar-refractivity contribution in [2.45, 2.75) is 38.6 Å². The Balaban J connectivity index is 2.08. The zero-order valence-corrected chi connectivity index (χ0v) is 16.2. The third-order valence-electron chi connectivity index (χ3n) is 5.25. The highest BCUT2D eigenvalue weighted by atomic mass is 16.4. The Labute approximate surface area is 159 Å². The minimum atomic E-state index is -1.04. The Morgan fingerprint density at radius 1 is 1.04 bits per heavy atom. The Morgan fingerprint density at radius 2 is 1.78 bits per heavy atom. The van der Waals surface area contributed by atoms with Gasteiger partial charge in [-0.1, -0.05) is 0 Å². The van der Waals surface area contributed by atoms with Crippen LogP contribution < -0.4 is 0 Å². The number of amides is 3. The second-order valence-corrected chi connectivity index (χ2v) is 7.31. The molecule has 152 valence electrons. The predicted octanol–water partition coefficient (Wildman–Crippen LogP) is -0.535. The summed E-state index contributed by atoms with van der Waals surface area (Å²) in [5, 5.41) is 9.04. The first-order valence-electron chi connectivity index (χ1n) is 9.53. The molecule has 0 spiro atoms. The number of hydrogen-bond acceptors (Lipinski definition) is 5. The lowest BCUT2D eigenvalue weighted by Crippen LogP contribution is -2.49. The van der Waals surface area contributed by atoms with Gasteiger partial charge >= 0.3 is 5.97 Å². The number of likely N-dealkylation sites (tertiary alicyclic amines) is 1. The Kier molecular flexibility index (Phi) is 7.58. The van der Waals surface area contributed by atoms with Crippen LogP contribution in [0.2, 0.25) is 0 Å². The molecule has 0 bridgehead atoms. The molecule has 1 N–H and O–H groups in total. The maximum Gasteiger partial charge on any atom is 0.323 e. The summed E-state index contributed by atoms with van der Waals surface area (Å²) >= 11 is 0. The zero-order chi connectivity index (χ0) is 20.0. The van der Waals surface area contributed by atoms with Crippen LogP contribution in [0.3, 0.4) is 0 Å². The molecule has 0 aromatic rings. The van der Waals surface area contributed by atoms with Crippen molar-refractivity contribution in [1.29, 1.82) is 0 Å². The summed E-state index contributed by atoms with van der Waals surface area (Å²) in [5.74, 6) is -1.35. The molecule has 27 heavy (non-hydrogen) atoms. The van der Waals surface area contributed by atoms with Gasteiger partial charge in [0, 0.05) is 52.6 Å². The third kappa shape index (κ3) is 5.92. The predicted molar refractivity (Wildman–Crippen MR) is 97.9 cm³/mol. The van der Waals surface area contributed by atoms with Crippen LogP contribution >= 0.6 is 0 Å². The lowest BCUT2D eigenvalue weighted by molar-refractivity contribution is -0.144. The number of carbonyl (C=O) groups is 4. The quantitative estimate of drug-likeness (QED) is 0.704. The highest BCUT2D eigenvalue weighted by Gasteiger charge is 2.35. The maximum atomic E-state index is 13.0. The van der Waals surface area contributed by atoms with Gasteiger partial charge in [-0.25, -0.2) is 0 Å². The standard InChI is InChI=1S/C18H30N4O5/c1-14(23)22-9-3-5-15(22)18(27)20-7-4-8-21(13-17(25)26)16(24)6-10-19(2)11-12-20/h15H,3-13H2,1-2H3,(H,25,26)/t15-/m1/s1. The van der Waals surface area contributed by atoms with Gasteiger partial charge in [-0.2, -0.15) is 0 Å². The van der Waals surface area contributed by atoms with Gasteiger partial charge in [-0.3, -0.25) is 19.2 Å². The van der Waals surface area contributed by atoms with Crippen LogP contribution in [-0.4, -0.2) is 107 Å². The monoisotopic (exact) mass is 382 g/mol. The second kappa shape index (κ2) is 9.68. The second-order valence-electron chi connectivity index (χ2n) is 7.31. The summed E-state index contributed by atoms with van der Waals surface area (Å²) in [6.45, 7) is 4.20. The molecule has 0 radical (unpaired) electrons. The molecule has 9 heteroatoms. The molecule has 0 aromatic heterocycles. The number of aliphatic carboxylic acids is 1. The number of rotatable bonds is 3. The van der Waals surface area contributed by atoms with Gasteiger partial charge < -0.3 is 24.7 Å². The van der Waals surface area contributed by atoms with E-state index in [0.29, 0.717) is 52.1 Å². The highest BCUT2D eigenvalue weighted by molar-refractivity contribution is 5.87. The van der Waals surface area contributed by atoms with Crippen molar-refractivity contribution in [3.63, 3.8) is 0 Å². The van der Waals surface area contributed by atoms with Crippen LogP contribution in [0, 0.1) is 0 Å². The molecular weight excluding hydrogens is 352 g/mol. The lowest BCUT2D eigenvalue weighted by atomic mass is 10.1. The van der Waals surface area contributed by atoms with Crippen molar-refractivity contribution in [2.24, 2.45) is 0 Å². The fourth-order valence-electron chi connectivity index (χ4n) is 3.70. The normalized spacial score (nSPS) is 23.3. The largest absolute Gasteiger partial charge is 0.480 e. The van der Waals surface area contributed by atoms with Crippen molar-refractivity contribution < 1.29 is 24.3 Å². The van der Waals surface area contributed by atoms with E-state index < -0.39 is 12.0 Å². The van der Waals surface area contributed by atoms with Gasteiger partial charge in [0.2, 0.25) is 17.7 Å². The number of nitrogens with zero attached hydrogens (tertiary/aromatic N) is 4. The average molecular weight is 382 g/mol. The van der Waals surface area contributed by atoms with Gasteiger partial charge in [0.25, 0.3) is 0 Å². The number of carboxylic acid groups (broad SMARTS) is 1. The first-order chi connectivity index (χ1) is 12.8. The Morgan fingerprint density at radius 3 is 2.44 bits per heavy atom. The molecule has 2 aliphatic heterocycles. The number of carboxylic acids is 1. The molecule has 0 aromatic carbocycles. The Hall–Kier alpha value is -2.16. The molecule has 2 heterocycles. The van der Waals surface area contributed by atoms with Crippen LogP contribution in [0.1, 0.15) is 32.6 Å². The minimum Gasteiger partial charge on any atom is -0.480 e. The number of carbonyl (C=O) groups excluding carboxylic acids is 3. The third-order valence-corrected chi connectivity index (χ3v) is 5.25. The molecule has 0 aliphatic carbocycles. The van der Waals surface area contributed by atoms with E-state index in [0.717, 1.165) is 6.42 Å². The van der Waals surface area contributed by atoms with E-state index in [4.69, 9.17) is 5.11 Å². The number of hydrogen-bond donors (Lipinski definition) is 1. The molecule has 0 unspecified atom stereocenters. The molecule has 3 amide bonds. The average Bonchev–Trinajstić information content (AvgIpc) is 3.09. The summed E-state index contributed by atoms with van der Waals surface area (Å²) in [5.41, 5.74) is 0. The summed E-state index contributed by atoms with van der Waals surface area (Å²) < 4.78 is 0. The van der Waals surface area contributed by atoms with Gasteiger partial charge in [0.15, 0.2) is 0 Å². The van der Waals surface area contributed by atoms with Crippen molar-refractivity contribution >= 4 is 23.7 Å². The van der Waals surface area contributed by atoms with Crippen LogP contribution in [0.15, 0.2) is 0 Å². The van der Waals surface area contributed by atoms with E-state index in [1.54, 1.807) is 9.80 Å². The molecule has 2 rings (SSSR count). The first kappa shape index (κ1) is 21.1. The van der Waals surface area contributed by atoms with E-state index in [1.165, 1.54) is 11.8 Å². The summed E-state index contributed by atoms with van der Waals surface area (Å²) in [4.78, 5) is 54.9. The fourth-order valence-corrected chi connectivity index (χ4v) is 3.70. The summed E-state index contributed by atoms with van der Waals surface area (Å²) in [6, 6.07) is -0.408. The van der Waals surface area contributed by atoms with Crippen LogP contribution in [-0.2, 0) is 19.2 Å². The van der Waals surface area contributed by atoms with Gasteiger partial charge in [-0.05, 0) is 26.3 Å². The van der Waals surface area contributed by atoms with Crippen LogP contribution in [0.25, 0.3) is 0 Å². The number of likely N-dealkylation sites (N-methyl/N-ethyl adjacent to an activating group) is 1. The van der Waals surface area contributed by atoms with Crippen molar-refractivity contribution in [2.75, 3.05) is 52.9 Å². The first-order valence-corrected chi connectivity index (χ1v) is 9.53. The van der Waals surface area contributed by atoms with Crippen molar-refractivity contribution in [3.8, 4) is 0 Å². The van der Waals surface area contributed by atoms with E-state index in [9.17, 15) is 19.2 Å². The Bertz CT molecular complexity index is 582. The minimum absolute atomic E-state index is 0.0496. The SMILES string of the molecule is CC(=O)N1CCC[C@@H]1C(=O)N1CCCN(CC(=O)O)C(=O)CCN(C)CC1. The topological polar surface area (TPSA) is 101 Å². The summed E-state index contributed by atoms with van der Waals surface area (Å²) in [7, 11) is 1.88. The molecule has 9 nitrogen and oxygen atoms in total. The zero-order valence-electron chi connectivity index (χ0n) is 16.2. The van der Waals surface area contributed by atoms with E-state index >= 15 is 0 Å².